The molecule has 0 unspecified atom stereocenters. The first kappa shape index (κ1) is 15.2. The Morgan fingerprint density at radius 3 is 2.00 bits per heavy atom. The molecular weight excluding hydrogens is 240 g/mol. The minimum atomic E-state index is -0.0938. The number of rotatable bonds is 6. The molecule has 0 bridgehead atoms. The molecule has 0 aromatic heterocycles. The number of carbonyl (C=O) groups excluding carboxylic acids is 2. The van der Waals surface area contributed by atoms with Crippen molar-refractivity contribution in [3.05, 3.63) is 35.4 Å². The highest BCUT2D eigenvalue weighted by atomic mass is 16.2. The first-order valence-corrected chi connectivity index (χ1v) is 6.81. The molecule has 0 aliphatic rings. The fourth-order valence-electron chi connectivity index (χ4n) is 1.80. The fraction of sp³-hybridized carbons (Fsp3) is 0.467. The van der Waals surface area contributed by atoms with Gasteiger partial charge in [-0.15, -0.1) is 0 Å². The summed E-state index contributed by atoms with van der Waals surface area (Å²) in [5.41, 5.74) is 1.21. The first-order valence-electron chi connectivity index (χ1n) is 6.81. The molecule has 2 amide bonds. The summed E-state index contributed by atoms with van der Waals surface area (Å²) in [6.07, 6.45) is 0.907. The van der Waals surface area contributed by atoms with E-state index in [0.29, 0.717) is 30.8 Å². The topological polar surface area (TPSA) is 49.4 Å². The molecule has 0 saturated carbocycles. The van der Waals surface area contributed by atoms with E-state index >= 15 is 0 Å². The lowest BCUT2D eigenvalue weighted by Crippen LogP contribution is -2.30. The monoisotopic (exact) mass is 262 g/mol. The summed E-state index contributed by atoms with van der Waals surface area (Å²) in [5.74, 6) is -0.0887. The number of nitrogens with one attached hydrogen (secondary N) is 1. The third kappa shape index (κ3) is 4.09. The molecule has 1 rings (SSSR count). The number of amides is 2. The van der Waals surface area contributed by atoms with Crippen molar-refractivity contribution in [2.24, 2.45) is 0 Å². The summed E-state index contributed by atoms with van der Waals surface area (Å²) in [4.78, 5) is 25.6. The number of hydrogen-bond acceptors (Lipinski definition) is 2. The van der Waals surface area contributed by atoms with Crippen molar-refractivity contribution in [2.45, 2.75) is 27.2 Å². The standard InChI is InChI=1S/C15H22N2O2/c1-4-11-16-14(18)12-7-9-13(10-8-12)15(19)17(5-2)6-3/h7-10H,4-6,11H2,1-3H3,(H,16,18). The SMILES string of the molecule is CCCNC(=O)c1ccc(C(=O)N(CC)CC)cc1. The molecule has 1 N–H and O–H groups in total. The van der Waals surface area contributed by atoms with Crippen LogP contribution in [0.15, 0.2) is 24.3 Å². The Labute approximate surface area is 114 Å². The van der Waals surface area contributed by atoms with Crippen LogP contribution in [0.5, 0.6) is 0 Å². The molecule has 0 spiro atoms. The summed E-state index contributed by atoms with van der Waals surface area (Å²) in [6, 6.07) is 6.81. The highest BCUT2D eigenvalue weighted by Gasteiger charge is 2.13. The van der Waals surface area contributed by atoms with Crippen LogP contribution in [-0.2, 0) is 0 Å². The van der Waals surface area contributed by atoms with Gasteiger partial charge >= 0.3 is 0 Å². The second kappa shape index (κ2) is 7.56. The molecular formula is C15H22N2O2. The average Bonchev–Trinajstić information content (AvgIpc) is 2.46. The molecule has 1 aromatic carbocycles. The highest BCUT2D eigenvalue weighted by Crippen LogP contribution is 2.08. The van der Waals surface area contributed by atoms with E-state index in [1.54, 1.807) is 29.2 Å². The number of carbonyl (C=O) groups is 2. The normalized spacial score (nSPS) is 10.1. The van der Waals surface area contributed by atoms with Crippen molar-refractivity contribution >= 4 is 11.8 Å². The Hall–Kier alpha value is -1.84. The van der Waals surface area contributed by atoms with Crippen LogP contribution in [-0.4, -0.2) is 36.3 Å². The molecule has 0 aliphatic carbocycles. The number of hydrogen-bond donors (Lipinski definition) is 1. The molecule has 0 radical (unpaired) electrons. The predicted octanol–water partition coefficient (Wildman–Crippen LogP) is 2.31. The van der Waals surface area contributed by atoms with Crippen molar-refractivity contribution in [3.63, 3.8) is 0 Å². The van der Waals surface area contributed by atoms with E-state index in [2.05, 4.69) is 5.32 Å². The van der Waals surface area contributed by atoms with Gasteiger partial charge in [0.2, 0.25) is 0 Å². The van der Waals surface area contributed by atoms with Gasteiger partial charge < -0.3 is 10.2 Å². The van der Waals surface area contributed by atoms with Crippen molar-refractivity contribution in [3.8, 4) is 0 Å². The molecule has 104 valence electrons. The van der Waals surface area contributed by atoms with Crippen molar-refractivity contribution < 1.29 is 9.59 Å². The van der Waals surface area contributed by atoms with Crippen LogP contribution in [0.4, 0.5) is 0 Å². The van der Waals surface area contributed by atoms with Crippen molar-refractivity contribution in [2.75, 3.05) is 19.6 Å². The maximum atomic E-state index is 12.1. The zero-order valence-corrected chi connectivity index (χ0v) is 11.9. The predicted molar refractivity (Wildman–Crippen MR) is 76.3 cm³/mol. The minimum absolute atomic E-state index is 0.00511. The van der Waals surface area contributed by atoms with Crippen molar-refractivity contribution in [1.29, 1.82) is 0 Å². The lowest BCUT2D eigenvalue weighted by atomic mass is 10.1. The summed E-state index contributed by atoms with van der Waals surface area (Å²) < 4.78 is 0. The highest BCUT2D eigenvalue weighted by molar-refractivity contribution is 5.97. The molecule has 4 heteroatoms. The van der Waals surface area contributed by atoms with Gasteiger partial charge in [0.1, 0.15) is 0 Å². The van der Waals surface area contributed by atoms with E-state index in [9.17, 15) is 9.59 Å². The second-order valence-electron chi connectivity index (χ2n) is 4.31. The van der Waals surface area contributed by atoms with Crippen LogP contribution in [0.2, 0.25) is 0 Å². The van der Waals surface area contributed by atoms with Crippen LogP contribution in [0.3, 0.4) is 0 Å². The lowest BCUT2D eigenvalue weighted by molar-refractivity contribution is 0.0772. The van der Waals surface area contributed by atoms with E-state index in [1.165, 1.54) is 0 Å². The van der Waals surface area contributed by atoms with Gasteiger partial charge in [-0.2, -0.15) is 0 Å². The molecule has 19 heavy (non-hydrogen) atoms. The number of nitrogens with zero attached hydrogens (tertiary/aromatic N) is 1. The third-order valence-corrected chi connectivity index (χ3v) is 2.98. The van der Waals surface area contributed by atoms with E-state index in [1.807, 2.05) is 20.8 Å². The minimum Gasteiger partial charge on any atom is -0.352 e. The third-order valence-electron chi connectivity index (χ3n) is 2.98. The van der Waals surface area contributed by atoms with Gasteiger partial charge in [-0.1, -0.05) is 6.92 Å². The molecule has 0 aliphatic heterocycles. The number of benzene rings is 1. The molecule has 4 nitrogen and oxygen atoms in total. The van der Waals surface area contributed by atoms with Gasteiger partial charge in [0, 0.05) is 30.8 Å². The van der Waals surface area contributed by atoms with Crippen LogP contribution >= 0.6 is 0 Å². The quantitative estimate of drug-likeness (QED) is 0.855. The Balaban J connectivity index is 2.76. The van der Waals surface area contributed by atoms with Gasteiger partial charge in [-0.3, -0.25) is 9.59 Å². The summed E-state index contributed by atoms with van der Waals surface area (Å²) in [6.45, 7) is 7.95. The molecule has 1 aromatic rings. The maximum Gasteiger partial charge on any atom is 0.253 e. The van der Waals surface area contributed by atoms with E-state index in [4.69, 9.17) is 0 Å². The summed E-state index contributed by atoms with van der Waals surface area (Å²) in [5, 5.41) is 2.81. The van der Waals surface area contributed by atoms with E-state index in [-0.39, 0.29) is 11.8 Å². The Kier molecular flexibility index (Phi) is 6.06. The molecule has 0 heterocycles. The summed E-state index contributed by atoms with van der Waals surface area (Å²) >= 11 is 0. The Bertz CT molecular complexity index is 422. The zero-order chi connectivity index (χ0) is 14.3. The van der Waals surface area contributed by atoms with Crippen LogP contribution in [0, 0.1) is 0 Å². The Morgan fingerprint density at radius 2 is 1.53 bits per heavy atom. The largest absolute Gasteiger partial charge is 0.352 e. The van der Waals surface area contributed by atoms with Gasteiger partial charge in [-0.05, 0) is 44.5 Å². The molecule has 0 atom stereocenters. The fourth-order valence-corrected chi connectivity index (χ4v) is 1.80. The van der Waals surface area contributed by atoms with Crippen molar-refractivity contribution in [1.82, 2.24) is 10.2 Å². The zero-order valence-electron chi connectivity index (χ0n) is 11.9. The second-order valence-corrected chi connectivity index (χ2v) is 4.31. The smallest absolute Gasteiger partial charge is 0.253 e. The average molecular weight is 262 g/mol. The molecule has 0 saturated heterocycles. The van der Waals surface area contributed by atoms with E-state index < -0.39 is 0 Å². The van der Waals surface area contributed by atoms with Gasteiger partial charge in [0.15, 0.2) is 0 Å². The maximum absolute atomic E-state index is 12.1. The Morgan fingerprint density at radius 1 is 1.00 bits per heavy atom. The molecule has 0 fully saturated rings. The first-order chi connectivity index (χ1) is 9.13. The van der Waals surface area contributed by atoms with Gasteiger partial charge in [0.25, 0.3) is 11.8 Å². The lowest BCUT2D eigenvalue weighted by Gasteiger charge is -2.18. The van der Waals surface area contributed by atoms with Crippen LogP contribution in [0.25, 0.3) is 0 Å². The van der Waals surface area contributed by atoms with E-state index in [0.717, 1.165) is 6.42 Å². The van der Waals surface area contributed by atoms with Gasteiger partial charge in [0.05, 0.1) is 0 Å². The van der Waals surface area contributed by atoms with Crippen LogP contribution in [0.1, 0.15) is 47.9 Å². The summed E-state index contributed by atoms with van der Waals surface area (Å²) in [7, 11) is 0. The van der Waals surface area contributed by atoms with Gasteiger partial charge in [-0.25, -0.2) is 0 Å². The van der Waals surface area contributed by atoms with Crippen LogP contribution < -0.4 is 5.32 Å².